The normalized spacial score (nSPS) is 17.1. The zero-order chi connectivity index (χ0) is 17.5. The number of ether oxygens (including phenoxy) is 2. The second-order valence-electron chi connectivity index (χ2n) is 5.62. The minimum atomic E-state index is -0.539. The number of allylic oxidation sites excluding steroid dienone is 1. The summed E-state index contributed by atoms with van der Waals surface area (Å²) in [5, 5.41) is 5.41. The smallest absolute Gasteiger partial charge is 0.338 e. The highest BCUT2D eigenvalue weighted by Crippen LogP contribution is 2.28. The molecule has 0 saturated carbocycles. The molecule has 1 aliphatic rings. The summed E-state index contributed by atoms with van der Waals surface area (Å²) in [6.07, 6.45) is 1.67. The second-order valence-corrected chi connectivity index (χ2v) is 5.62. The predicted octanol–water partition coefficient (Wildman–Crippen LogP) is 3.06. The second kappa shape index (κ2) is 8.38. The van der Waals surface area contributed by atoms with Crippen LogP contribution in [0.1, 0.15) is 45.2 Å². The minimum absolute atomic E-state index is 0.337. The van der Waals surface area contributed by atoms with E-state index in [0.717, 1.165) is 24.2 Å². The van der Waals surface area contributed by atoms with Crippen molar-refractivity contribution in [2.45, 2.75) is 39.7 Å². The highest BCUT2D eigenvalue weighted by atomic mass is 16.5. The van der Waals surface area contributed by atoms with Crippen molar-refractivity contribution in [3.8, 4) is 5.75 Å². The SMILES string of the molecule is CCCOC(=O)C1=C(C)NC(=O)N[C@H]1c1ccc(OCCC)cc1. The van der Waals surface area contributed by atoms with Gasteiger partial charge in [0.1, 0.15) is 5.75 Å². The van der Waals surface area contributed by atoms with Crippen LogP contribution in [0.2, 0.25) is 0 Å². The van der Waals surface area contributed by atoms with Gasteiger partial charge in [-0.15, -0.1) is 0 Å². The van der Waals surface area contributed by atoms with E-state index in [4.69, 9.17) is 9.47 Å². The number of hydrogen-bond donors (Lipinski definition) is 2. The molecule has 0 saturated heterocycles. The first-order valence-electron chi connectivity index (χ1n) is 8.25. The fourth-order valence-corrected chi connectivity index (χ4v) is 2.46. The van der Waals surface area contributed by atoms with E-state index in [0.29, 0.717) is 24.5 Å². The van der Waals surface area contributed by atoms with Gasteiger partial charge in [0, 0.05) is 5.70 Å². The Balaban J connectivity index is 2.25. The molecule has 1 aromatic carbocycles. The lowest BCUT2D eigenvalue weighted by Crippen LogP contribution is -2.45. The number of carbonyl (C=O) groups is 2. The van der Waals surface area contributed by atoms with Crippen LogP contribution in [-0.4, -0.2) is 25.2 Å². The van der Waals surface area contributed by atoms with Crippen LogP contribution in [0.5, 0.6) is 5.75 Å². The number of carbonyl (C=O) groups excluding carboxylic acids is 2. The van der Waals surface area contributed by atoms with Crippen LogP contribution in [0.4, 0.5) is 4.79 Å². The van der Waals surface area contributed by atoms with Crippen LogP contribution in [0.3, 0.4) is 0 Å². The Labute approximate surface area is 142 Å². The standard InChI is InChI=1S/C18H24N2O4/c1-4-10-23-14-8-6-13(7-9-14)16-15(17(21)24-11-5-2)12(3)19-18(22)20-16/h6-9,16H,4-5,10-11H2,1-3H3,(H2,19,20,22)/t16-/m0/s1. The summed E-state index contributed by atoms with van der Waals surface area (Å²) in [6.45, 7) is 6.67. The Morgan fingerprint density at radius 3 is 2.42 bits per heavy atom. The fourth-order valence-electron chi connectivity index (χ4n) is 2.46. The molecule has 1 heterocycles. The van der Waals surface area contributed by atoms with Gasteiger partial charge in [-0.2, -0.15) is 0 Å². The van der Waals surface area contributed by atoms with Crippen molar-refractivity contribution >= 4 is 12.0 Å². The molecule has 6 heteroatoms. The van der Waals surface area contributed by atoms with Gasteiger partial charge >= 0.3 is 12.0 Å². The van der Waals surface area contributed by atoms with Crippen LogP contribution in [-0.2, 0) is 9.53 Å². The molecule has 0 radical (unpaired) electrons. The first kappa shape index (κ1) is 17.8. The van der Waals surface area contributed by atoms with E-state index >= 15 is 0 Å². The third-order valence-electron chi connectivity index (χ3n) is 3.61. The Hall–Kier alpha value is -2.50. The van der Waals surface area contributed by atoms with Gasteiger partial charge in [-0.1, -0.05) is 26.0 Å². The summed E-state index contributed by atoms with van der Waals surface area (Å²) >= 11 is 0. The van der Waals surface area contributed by atoms with Crippen LogP contribution < -0.4 is 15.4 Å². The number of rotatable bonds is 7. The van der Waals surface area contributed by atoms with Crippen molar-refractivity contribution in [3.05, 3.63) is 41.1 Å². The van der Waals surface area contributed by atoms with E-state index in [1.807, 2.05) is 38.1 Å². The first-order chi connectivity index (χ1) is 11.6. The van der Waals surface area contributed by atoms with Gasteiger partial charge in [0.2, 0.25) is 0 Å². The first-order valence-corrected chi connectivity index (χ1v) is 8.25. The monoisotopic (exact) mass is 332 g/mol. The van der Waals surface area contributed by atoms with Gasteiger partial charge < -0.3 is 20.1 Å². The van der Waals surface area contributed by atoms with E-state index in [-0.39, 0.29) is 6.03 Å². The Morgan fingerprint density at radius 2 is 1.79 bits per heavy atom. The van der Waals surface area contributed by atoms with E-state index in [9.17, 15) is 9.59 Å². The summed E-state index contributed by atoms with van der Waals surface area (Å²) in [7, 11) is 0. The van der Waals surface area contributed by atoms with Gasteiger partial charge in [0.05, 0.1) is 24.8 Å². The predicted molar refractivity (Wildman–Crippen MR) is 90.6 cm³/mol. The van der Waals surface area contributed by atoms with Gasteiger partial charge in [-0.3, -0.25) is 0 Å². The third kappa shape index (κ3) is 4.28. The lowest BCUT2D eigenvalue weighted by atomic mass is 9.95. The minimum Gasteiger partial charge on any atom is -0.494 e. The molecule has 0 aromatic heterocycles. The molecule has 24 heavy (non-hydrogen) atoms. The molecular weight excluding hydrogens is 308 g/mol. The zero-order valence-electron chi connectivity index (χ0n) is 14.3. The van der Waals surface area contributed by atoms with E-state index in [2.05, 4.69) is 10.6 Å². The average molecular weight is 332 g/mol. The Bertz CT molecular complexity index is 622. The van der Waals surface area contributed by atoms with E-state index < -0.39 is 12.0 Å². The number of benzene rings is 1. The molecule has 0 aliphatic carbocycles. The van der Waals surface area contributed by atoms with Crippen molar-refractivity contribution in [2.75, 3.05) is 13.2 Å². The zero-order valence-corrected chi connectivity index (χ0v) is 14.3. The fraction of sp³-hybridized carbons (Fsp3) is 0.444. The number of urea groups is 1. The van der Waals surface area contributed by atoms with Crippen molar-refractivity contribution in [2.24, 2.45) is 0 Å². The summed E-state index contributed by atoms with van der Waals surface area (Å²) in [5.41, 5.74) is 1.73. The third-order valence-corrected chi connectivity index (χ3v) is 3.61. The van der Waals surface area contributed by atoms with Crippen LogP contribution in [0.25, 0.3) is 0 Å². The quantitative estimate of drug-likeness (QED) is 0.752. The molecule has 0 unspecified atom stereocenters. The molecule has 2 amide bonds. The lowest BCUT2D eigenvalue weighted by Gasteiger charge is -2.28. The number of esters is 1. The molecule has 1 atom stereocenters. The maximum Gasteiger partial charge on any atom is 0.338 e. The van der Waals surface area contributed by atoms with Crippen molar-refractivity contribution in [1.29, 1.82) is 0 Å². The molecule has 6 nitrogen and oxygen atoms in total. The average Bonchev–Trinajstić information content (AvgIpc) is 2.57. The van der Waals surface area contributed by atoms with Crippen LogP contribution in [0.15, 0.2) is 35.5 Å². The summed E-state index contributed by atoms with van der Waals surface area (Å²) in [4.78, 5) is 24.2. The molecule has 1 aliphatic heterocycles. The Kier molecular flexibility index (Phi) is 6.23. The topological polar surface area (TPSA) is 76.7 Å². The summed E-state index contributed by atoms with van der Waals surface area (Å²) in [5.74, 6) is 0.342. The van der Waals surface area contributed by atoms with Gasteiger partial charge in [0.25, 0.3) is 0 Å². The maximum absolute atomic E-state index is 12.4. The van der Waals surface area contributed by atoms with E-state index in [1.165, 1.54) is 0 Å². The van der Waals surface area contributed by atoms with E-state index in [1.54, 1.807) is 6.92 Å². The lowest BCUT2D eigenvalue weighted by molar-refractivity contribution is -0.139. The highest BCUT2D eigenvalue weighted by molar-refractivity contribution is 5.95. The number of amides is 2. The highest BCUT2D eigenvalue weighted by Gasteiger charge is 2.32. The van der Waals surface area contributed by atoms with Gasteiger partial charge in [-0.25, -0.2) is 9.59 Å². The number of nitrogens with one attached hydrogen (secondary N) is 2. The van der Waals surface area contributed by atoms with Crippen molar-refractivity contribution < 1.29 is 19.1 Å². The molecule has 0 bridgehead atoms. The molecule has 0 spiro atoms. The maximum atomic E-state index is 12.4. The molecule has 0 fully saturated rings. The molecule has 1 aromatic rings. The van der Waals surface area contributed by atoms with Gasteiger partial charge in [0.15, 0.2) is 0 Å². The summed E-state index contributed by atoms with van der Waals surface area (Å²) < 4.78 is 10.8. The molecule has 2 rings (SSSR count). The van der Waals surface area contributed by atoms with Crippen LogP contribution >= 0.6 is 0 Å². The van der Waals surface area contributed by atoms with Crippen molar-refractivity contribution in [1.82, 2.24) is 10.6 Å². The van der Waals surface area contributed by atoms with Crippen LogP contribution in [0, 0.1) is 0 Å². The summed E-state index contributed by atoms with van der Waals surface area (Å²) in [6, 6.07) is 6.50. The largest absolute Gasteiger partial charge is 0.494 e. The number of hydrogen-bond acceptors (Lipinski definition) is 4. The molecular formula is C18H24N2O4. The molecule has 130 valence electrons. The Morgan fingerprint density at radius 1 is 1.12 bits per heavy atom. The molecule has 2 N–H and O–H groups in total. The van der Waals surface area contributed by atoms with Gasteiger partial charge in [-0.05, 0) is 37.5 Å². The van der Waals surface area contributed by atoms with Crippen molar-refractivity contribution in [3.63, 3.8) is 0 Å².